The molecule has 0 spiro atoms. The van der Waals surface area contributed by atoms with Gasteiger partial charge >= 0.3 is 0 Å². The molecule has 0 bridgehead atoms. The fourth-order valence-corrected chi connectivity index (χ4v) is 7.33. The largest absolute Gasteiger partial charge is 0.378 e. The van der Waals surface area contributed by atoms with Crippen molar-refractivity contribution in [3.8, 4) is 6.07 Å². The summed E-state index contributed by atoms with van der Waals surface area (Å²) in [5.74, 6) is 1.90. The number of nitrogens with one attached hydrogen (secondary N) is 1. The first-order valence-electron chi connectivity index (χ1n) is 14.7. The molecule has 2 aliphatic heterocycles. The van der Waals surface area contributed by atoms with E-state index < -0.39 is 5.41 Å². The van der Waals surface area contributed by atoms with Crippen molar-refractivity contribution in [2.75, 3.05) is 39.4 Å². The van der Waals surface area contributed by atoms with Crippen molar-refractivity contribution in [1.82, 2.24) is 15.1 Å². The maximum Gasteiger partial charge on any atom is 0.223 e. The highest BCUT2D eigenvalue weighted by Gasteiger charge is 2.50. The van der Waals surface area contributed by atoms with Gasteiger partial charge in [0.15, 0.2) is 0 Å². The summed E-state index contributed by atoms with van der Waals surface area (Å²) in [6.07, 6.45) is 12.1. The van der Waals surface area contributed by atoms with Gasteiger partial charge in [-0.25, -0.2) is 0 Å². The van der Waals surface area contributed by atoms with Gasteiger partial charge in [-0.2, -0.15) is 5.26 Å². The summed E-state index contributed by atoms with van der Waals surface area (Å²) in [5.41, 5.74) is -0.527. The van der Waals surface area contributed by atoms with Gasteiger partial charge in [-0.1, -0.05) is 33.1 Å². The van der Waals surface area contributed by atoms with Crippen molar-refractivity contribution in [3.63, 3.8) is 0 Å². The Labute approximate surface area is 218 Å². The van der Waals surface area contributed by atoms with E-state index in [9.17, 15) is 14.9 Å². The Morgan fingerprint density at radius 2 is 1.67 bits per heavy atom. The number of likely N-dealkylation sites (tertiary alicyclic amines) is 1. The third-order valence-corrected chi connectivity index (χ3v) is 9.72. The molecule has 4 fully saturated rings. The van der Waals surface area contributed by atoms with E-state index in [4.69, 9.17) is 4.74 Å². The molecule has 2 heterocycles. The molecule has 2 saturated heterocycles. The topological polar surface area (TPSA) is 85.7 Å². The number of carbonyl (C=O) groups is 2. The summed E-state index contributed by atoms with van der Waals surface area (Å²) in [5, 5.41) is 13.9. The molecule has 0 aromatic carbocycles. The SMILES string of the molecule is CC(C)C1CCC(N2CC[C@@](C#N)(C(NC(=O)CCC(=O)N3CCOCC3)C3CCCCC3)C2)CC1. The summed E-state index contributed by atoms with van der Waals surface area (Å²) in [6, 6.07) is 3.20. The summed E-state index contributed by atoms with van der Waals surface area (Å²) in [4.78, 5) is 30.1. The lowest BCUT2D eigenvalue weighted by Gasteiger charge is -2.41. The van der Waals surface area contributed by atoms with Gasteiger partial charge in [0.2, 0.25) is 11.8 Å². The Morgan fingerprint density at radius 3 is 2.31 bits per heavy atom. The van der Waals surface area contributed by atoms with E-state index in [1.807, 2.05) is 0 Å². The molecule has 4 rings (SSSR count). The predicted octanol–water partition coefficient (Wildman–Crippen LogP) is 4.12. The van der Waals surface area contributed by atoms with Crippen LogP contribution in [0.3, 0.4) is 0 Å². The van der Waals surface area contributed by atoms with E-state index in [0.29, 0.717) is 38.3 Å². The van der Waals surface area contributed by atoms with Crippen LogP contribution in [0.2, 0.25) is 0 Å². The van der Waals surface area contributed by atoms with Gasteiger partial charge in [0.05, 0.1) is 30.7 Å². The normalized spacial score (nSPS) is 31.2. The van der Waals surface area contributed by atoms with Gasteiger partial charge in [-0.05, 0) is 62.7 Å². The second-order valence-electron chi connectivity index (χ2n) is 12.2. The van der Waals surface area contributed by atoms with Crippen molar-refractivity contribution in [2.45, 2.75) is 103 Å². The van der Waals surface area contributed by atoms with Crippen LogP contribution in [-0.4, -0.2) is 73.1 Å². The minimum Gasteiger partial charge on any atom is -0.378 e. The van der Waals surface area contributed by atoms with Crippen molar-refractivity contribution >= 4 is 11.8 Å². The molecule has 1 N–H and O–H groups in total. The monoisotopic (exact) mass is 500 g/mol. The molecular weight excluding hydrogens is 452 g/mol. The Balaban J connectivity index is 1.38. The van der Waals surface area contributed by atoms with Gasteiger partial charge in [0, 0.05) is 45.1 Å². The van der Waals surface area contributed by atoms with Crippen LogP contribution in [0.4, 0.5) is 0 Å². The fraction of sp³-hybridized carbons (Fsp3) is 0.897. The minimum atomic E-state index is -0.527. The lowest BCUT2D eigenvalue weighted by molar-refractivity contribution is -0.137. The Kier molecular flexibility index (Phi) is 9.69. The third-order valence-electron chi connectivity index (χ3n) is 9.72. The van der Waals surface area contributed by atoms with Crippen molar-refractivity contribution in [1.29, 1.82) is 5.26 Å². The number of rotatable bonds is 8. The zero-order valence-electron chi connectivity index (χ0n) is 22.7. The number of nitriles is 1. The third kappa shape index (κ3) is 6.61. The van der Waals surface area contributed by atoms with Crippen LogP contribution >= 0.6 is 0 Å². The highest BCUT2D eigenvalue weighted by Crippen LogP contribution is 2.43. The van der Waals surface area contributed by atoms with E-state index in [1.54, 1.807) is 4.90 Å². The zero-order chi connectivity index (χ0) is 25.5. The number of amides is 2. The number of morpholine rings is 1. The average Bonchev–Trinajstić information content (AvgIpc) is 3.37. The van der Waals surface area contributed by atoms with E-state index in [-0.39, 0.29) is 30.7 Å². The lowest BCUT2D eigenvalue weighted by atomic mass is 9.70. The fourth-order valence-electron chi connectivity index (χ4n) is 7.33. The number of hydrogen-bond donors (Lipinski definition) is 1. The molecule has 4 aliphatic rings. The standard InChI is InChI=1S/C29H48N4O3/c1-22(2)23-8-10-25(11-9-23)33-15-14-29(20-30,21-33)28(24-6-4-3-5-7-24)31-26(34)12-13-27(35)32-16-18-36-19-17-32/h22-25,28H,3-19,21H2,1-2H3,(H,31,34)/t23?,25?,28?,29-/m0/s1. The molecule has 202 valence electrons. The van der Waals surface area contributed by atoms with Crippen LogP contribution < -0.4 is 5.32 Å². The summed E-state index contributed by atoms with van der Waals surface area (Å²) < 4.78 is 5.34. The number of ether oxygens (including phenoxy) is 1. The number of nitrogens with zero attached hydrogens (tertiary/aromatic N) is 3. The molecule has 7 nitrogen and oxygen atoms in total. The molecule has 2 saturated carbocycles. The molecule has 0 aromatic heterocycles. The maximum absolute atomic E-state index is 13.2. The van der Waals surface area contributed by atoms with Crippen LogP contribution in [0.25, 0.3) is 0 Å². The molecule has 2 atom stereocenters. The molecule has 7 heteroatoms. The Morgan fingerprint density at radius 1 is 0.972 bits per heavy atom. The molecular formula is C29H48N4O3. The van der Waals surface area contributed by atoms with Gasteiger partial charge in [0.1, 0.15) is 0 Å². The second kappa shape index (κ2) is 12.7. The van der Waals surface area contributed by atoms with Gasteiger partial charge in [-0.3, -0.25) is 14.5 Å². The molecule has 1 unspecified atom stereocenters. The second-order valence-corrected chi connectivity index (χ2v) is 12.2. The molecule has 36 heavy (non-hydrogen) atoms. The molecule has 2 aliphatic carbocycles. The van der Waals surface area contributed by atoms with Crippen molar-refractivity contribution in [3.05, 3.63) is 0 Å². The molecule has 0 radical (unpaired) electrons. The predicted molar refractivity (Wildman–Crippen MR) is 140 cm³/mol. The lowest BCUT2D eigenvalue weighted by Crippen LogP contribution is -2.54. The van der Waals surface area contributed by atoms with Crippen molar-refractivity contribution in [2.24, 2.45) is 23.2 Å². The first-order valence-corrected chi connectivity index (χ1v) is 14.7. The van der Waals surface area contributed by atoms with E-state index in [0.717, 1.165) is 44.2 Å². The van der Waals surface area contributed by atoms with Gasteiger partial charge < -0.3 is 15.0 Å². The smallest absolute Gasteiger partial charge is 0.223 e. The van der Waals surface area contributed by atoms with E-state index in [2.05, 4.69) is 30.1 Å². The quantitative estimate of drug-likeness (QED) is 0.542. The molecule has 0 aromatic rings. The van der Waals surface area contributed by atoms with Gasteiger partial charge in [-0.15, -0.1) is 0 Å². The van der Waals surface area contributed by atoms with Crippen LogP contribution in [0.5, 0.6) is 0 Å². The van der Waals surface area contributed by atoms with E-state index in [1.165, 1.54) is 44.9 Å². The molecule has 2 amide bonds. The first-order chi connectivity index (χ1) is 17.4. The van der Waals surface area contributed by atoms with Crippen LogP contribution in [0, 0.1) is 34.5 Å². The number of hydrogen-bond acceptors (Lipinski definition) is 5. The Bertz CT molecular complexity index is 776. The zero-order valence-corrected chi connectivity index (χ0v) is 22.7. The maximum atomic E-state index is 13.2. The Hall–Kier alpha value is -1.65. The minimum absolute atomic E-state index is 0.0294. The van der Waals surface area contributed by atoms with Crippen LogP contribution in [0.1, 0.15) is 90.9 Å². The highest BCUT2D eigenvalue weighted by molar-refractivity contribution is 5.84. The summed E-state index contributed by atoms with van der Waals surface area (Å²) in [7, 11) is 0. The van der Waals surface area contributed by atoms with E-state index >= 15 is 0 Å². The van der Waals surface area contributed by atoms with Crippen LogP contribution in [-0.2, 0) is 14.3 Å². The summed E-state index contributed by atoms with van der Waals surface area (Å²) in [6.45, 7) is 8.77. The average molecular weight is 501 g/mol. The number of carbonyl (C=O) groups excluding carboxylic acids is 2. The van der Waals surface area contributed by atoms with Crippen molar-refractivity contribution < 1.29 is 14.3 Å². The first kappa shape index (κ1) is 27.4. The van der Waals surface area contributed by atoms with Gasteiger partial charge in [0.25, 0.3) is 0 Å². The summed E-state index contributed by atoms with van der Waals surface area (Å²) >= 11 is 0. The highest BCUT2D eigenvalue weighted by atomic mass is 16.5. The van der Waals surface area contributed by atoms with Crippen LogP contribution in [0.15, 0.2) is 0 Å².